The van der Waals surface area contributed by atoms with Crippen LogP contribution in [0.4, 0.5) is 4.39 Å². The zero-order valence-electron chi connectivity index (χ0n) is 10.7. The topological polar surface area (TPSA) is 37.4 Å². The molecule has 0 atom stereocenters. The van der Waals surface area contributed by atoms with Gasteiger partial charge in [-0.15, -0.1) is 11.3 Å². The highest BCUT2D eigenvalue weighted by Gasteiger charge is 2.19. The molecule has 0 radical (unpaired) electrons. The lowest BCUT2D eigenvalue weighted by molar-refractivity contribution is 0.469. The van der Waals surface area contributed by atoms with Crippen molar-refractivity contribution < 1.29 is 12.8 Å². The van der Waals surface area contributed by atoms with Crippen molar-refractivity contribution in [3.8, 4) is 0 Å². The molecule has 1 aromatic heterocycles. The van der Waals surface area contributed by atoms with Crippen LogP contribution in [0.3, 0.4) is 0 Å². The Morgan fingerprint density at radius 1 is 1.20 bits per heavy atom. The lowest BCUT2D eigenvalue weighted by Gasteiger charge is -2.16. The van der Waals surface area contributed by atoms with Gasteiger partial charge in [-0.3, -0.25) is 0 Å². The third-order valence-electron chi connectivity index (χ3n) is 2.74. The Hall–Kier alpha value is -0.760. The van der Waals surface area contributed by atoms with Gasteiger partial charge in [0.1, 0.15) is 5.82 Å². The summed E-state index contributed by atoms with van der Waals surface area (Å²) in [5, 5.41) is 0. The number of hydrogen-bond donors (Lipinski definition) is 0. The number of thiophene rings is 1. The van der Waals surface area contributed by atoms with E-state index < -0.39 is 10.0 Å². The van der Waals surface area contributed by atoms with Crippen LogP contribution < -0.4 is 0 Å². The van der Waals surface area contributed by atoms with E-state index in [1.807, 2.05) is 12.1 Å². The fourth-order valence-electron chi connectivity index (χ4n) is 1.66. The van der Waals surface area contributed by atoms with Gasteiger partial charge in [0.05, 0.1) is 9.54 Å². The summed E-state index contributed by atoms with van der Waals surface area (Å²) >= 11 is 4.85. The van der Waals surface area contributed by atoms with E-state index >= 15 is 0 Å². The Bertz CT molecular complexity index is 683. The van der Waals surface area contributed by atoms with Crippen molar-refractivity contribution in [1.82, 2.24) is 4.31 Å². The lowest BCUT2D eigenvalue weighted by Crippen LogP contribution is -2.27. The van der Waals surface area contributed by atoms with Crippen molar-refractivity contribution in [1.29, 1.82) is 0 Å². The Balaban J connectivity index is 2.07. The normalized spacial score (nSPS) is 12.0. The molecule has 20 heavy (non-hydrogen) atoms. The summed E-state index contributed by atoms with van der Waals surface area (Å²) in [6.45, 7) is 0.333. The number of halogens is 2. The summed E-state index contributed by atoms with van der Waals surface area (Å²) in [7, 11) is -1.86. The molecule has 7 heteroatoms. The van der Waals surface area contributed by atoms with Gasteiger partial charge in [0.2, 0.25) is 10.0 Å². The zero-order chi connectivity index (χ0) is 14.8. The molecule has 0 amide bonds. The minimum atomic E-state index is -3.41. The molecule has 0 N–H and O–H groups in total. The summed E-state index contributed by atoms with van der Waals surface area (Å²) in [5.74, 6) is -0.501. The average Bonchev–Trinajstić information content (AvgIpc) is 2.77. The average molecular weight is 378 g/mol. The molecule has 0 bridgehead atoms. The highest BCUT2D eigenvalue weighted by Crippen LogP contribution is 2.24. The van der Waals surface area contributed by atoms with Gasteiger partial charge in [-0.2, -0.15) is 4.31 Å². The molecule has 0 saturated carbocycles. The molecule has 0 fully saturated rings. The highest BCUT2D eigenvalue weighted by atomic mass is 79.9. The van der Waals surface area contributed by atoms with Crippen LogP contribution >= 0.6 is 27.3 Å². The second-order valence-corrected chi connectivity index (χ2v) is 8.97. The number of nitrogens with zero attached hydrogens (tertiary/aromatic N) is 1. The molecular weight excluding hydrogens is 365 g/mol. The molecule has 0 aliphatic rings. The van der Waals surface area contributed by atoms with Gasteiger partial charge in [-0.05, 0) is 45.8 Å². The van der Waals surface area contributed by atoms with Crippen molar-refractivity contribution in [3.05, 3.63) is 56.4 Å². The van der Waals surface area contributed by atoms with Crippen LogP contribution in [0, 0.1) is 5.82 Å². The molecule has 0 unspecified atom stereocenters. The van der Waals surface area contributed by atoms with Crippen molar-refractivity contribution in [2.24, 2.45) is 0 Å². The maximum absolute atomic E-state index is 12.8. The summed E-state index contributed by atoms with van der Waals surface area (Å²) in [6.07, 6.45) is 0. The second kappa shape index (κ2) is 6.34. The van der Waals surface area contributed by atoms with E-state index in [1.165, 1.54) is 39.9 Å². The van der Waals surface area contributed by atoms with E-state index in [0.29, 0.717) is 12.1 Å². The largest absolute Gasteiger partial charge is 0.218 e. The monoisotopic (exact) mass is 377 g/mol. The molecule has 0 spiro atoms. The van der Waals surface area contributed by atoms with Crippen LogP contribution in [-0.2, 0) is 22.3 Å². The van der Waals surface area contributed by atoms with Crippen molar-refractivity contribution in [2.75, 3.05) is 7.05 Å². The standard InChI is InChI=1S/C13H13BrFNO2S2/c1-16(8-12-6-7-13(14)19-12)20(17,18)9-10-2-4-11(15)5-3-10/h2-7H,8-9H2,1H3. The van der Waals surface area contributed by atoms with E-state index in [0.717, 1.165) is 8.66 Å². The molecule has 1 heterocycles. The quantitative estimate of drug-likeness (QED) is 0.797. The summed E-state index contributed by atoms with van der Waals surface area (Å²) in [4.78, 5) is 0.960. The first-order valence-electron chi connectivity index (χ1n) is 5.79. The minimum Gasteiger partial charge on any atom is -0.212 e. The highest BCUT2D eigenvalue weighted by molar-refractivity contribution is 9.11. The van der Waals surface area contributed by atoms with Gasteiger partial charge in [-0.25, -0.2) is 12.8 Å². The number of hydrogen-bond acceptors (Lipinski definition) is 3. The van der Waals surface area contributed by atoms with Crippen LogP contribution in [0.2, 0.25) is 0 Å². The molecule has 108 valence electrons. The molecule has 0 saturated heterocycles. The third kappa shape index (κ3) is 4.12. The third-order valence-corrected chi connectivity index (χ3v) is 6.13. The number of benzene rings is 1. The smallest absolute Gasteiger partial charge is 0.212 e. The van der Waals surface area contributed by atoms with Crippen molar-refractivity contribution in [3.63, 3.8) is 0 Å². The summed E-state index contributed by atoms with van der Waals surface area (Å²) in [5.41, 5.74) is 0.575. The molecule has 1 aromatic carbocycles. The Morgan fingerprint density at radius 3 is 2.40 bits per heavy atom. The fourth-order valence-corrected chi connectivity index (χ4v) is 4.44. The van der Waals surface area contributed by atoms with Gasteiger partial charge >= 0.3 is 0 Å². The van der Waals surface area contributed by atoms with Crippen molar-refractivity contribution >= 4 is 37.3 Å². The summed E-state index contributed by atoms with van der Waals surface area (Å²) in [6, 6.07) is 9.28. The Morgan fingerprint density at radius 2 is 1.85 bits per heavy atom. The Kier molecular flexibility index (Phi) is 4.95. The first kappa shape index (κ1) is 15.6. The minimum absolute atomic E-state index is 0.129. The predicted molar refractivity (Wildman–Crippen MR) is 82.5 cm³/mol. The maximum atomic E-state index is 12.8. The zero-order valence-corrected chi connectivity index (χ0v) is 13.9. The molecular formula is C13H13BrFNO2S2. The summed E-state index contributed by atoms with van der Waals surface area (Å²) < 4.78 is 39.5. The van der Waals surface area contributed by atoms with E-state index in [1.54, 1.807) is 7.05 Å². The number of sulfonamides is 1. The first-order valence-corrected chi connectivity index (χ1v) is 9.01. The predicted octanol–water partition coefficient (Wildman–Crippen LogP) is 3.61. The molecule has 2 rings (SSSR count). The fraction of sp³-hybridized carbons (Fsp3) is 0.231. The van der Waals surface area contributed by atoms with E-state index in [9.17, 15) is 12.8 Å². The number of rotatable bonds is 5. The van der Waals surface area contributed by atoms with E-state index in [-0.39, 0.29) is 11.6 Å². The lowest BCUT2D eigenvalue weighted by atomic mass is 10.2. The SMILES string of the molecule is CN(Cc1ccc(Br)s1)S(=O)(=O)Cc1ccc(F)cc1. The van der Waals surface area contributed by atoms with E-state index in [4.69, 9.17) is 0 Å². The van der Waals surface area contributed by atoms with Gasteiger partial charge < -0.3 is 0 Å². The molecule has 0 aliphatic carbocycles. The second-order valence-electron chi connectivity index (χ2n) is 4.34. The van der Waals surface area contributed by atoms with Gasteiger partial charge in [0, 0.05) is 18.5 Å². The van der Waals surface area contributed by atoms with Gasteiger partial charge in [0.15, 0.2) is 0 Å². The van der Waals surface area contributed by atoms with Crippen LogP contribution in [0.15, 0.2) is 40.2 Å². The maximum Gasteiger partial charge on any atom is 0.218 e. The van der Waals surface area contributed by atoms with Crippen LogP contribution in [-0.4, -0.2) is 19.8 Å². The van der Waals surface area contributed by atoms with Crippen LogP contribution in [0.25, 0.3) is 0 Å². The first-order chi connectivity index (χ1) is 9.37. The van der Waals surface area contributed by atoms with Gasteiger partial charge in [0.25, 0.3) is 0 Å². The van der Waals surface area contributed by atoms with Gasteiger partial charge in [-0.1, -0.05) is 12.1 Å². The van der Waals surface area contributed by atoms with Crippen LogP contribution in [0.5, 0.6) is 0 Å². The molecule has 3 nitrogen and oxygen atoms in total. The van der Waals surface area contributed by atoms with E-state index in [2.05, 4.69) is 15.9 Å². The van der Waals surface area contributed by atoms with Crippen molar-refractivity contribution in [2.45, 2.75) is 12.3 Å². The van der Waals surface area contributed by atoms with Crippen LogP contribution in [0.1, 0.15) is 10.4 Å². The molecule has 0 aliphatic heterocycles. The molecule has 2 aromatic rings. The Labute approximate surface area is 130 Å².